The van der Waals surface area contributed by atoms with Crippen LogP contribution in [0, 0.1) is 56.7 Å². The first kappa shape index (κ1) is 51.5. The first-order valence-corrected chi connectivity index (χ1v) is 22.8. The summed E-state index contributed by atoms with van der Waals surface area (Å²) in [4.78, 5) is 31.5. The van der Waals surface area contributed by atoms with Crippen molar-refractivity contribution < 1.29 is 52.8 Å². The maximum Gasteiger partial charge on any atom is 0.362 e. The molecule has 5 rings (SSSR count). The highest BCUT2D eigenvalue weighted by molar-refractivity contribution is 5.71. The minimum absolute atomic E-state index is 0. The van der Waals surface area contributed by atoms with Gasteiger partial charge in [0.25, 0.3) is 0 Å². The third-order valence-corrected chi connectivity index (χ3v) is 17.9. The summed E-state index contributed by atoms with van der Waals surface area (Å²) in [5, 5.41) is 0. The van der Waals surface area contributed by atoms with Gasteiger partial charge in [0.05, 0.1) is 47.9 Å². The molecule has 0 spiro atoms. The quantitative estimate of drug-likeness (QED) is 0.103. The Labute approximate surface area is 368 Å². The minimum Gasteiger partial charge on any atom is -1.00 e. The second-order valence-electron chi connectivity index (χ2n) is 23.5. The van der Waals surface area contributed by atoms with Crippen molar-refractivity contribution in [2.75, 3.05) is 102 Å². The standard InChI is InChI=1S/C48H88N4O4.2ClH/c1-35(2)36-20-25-48(34-55-41(53)32-51(12,13)30-17-16-28-49(8)9)27-26-46(6)37(43(36)48)18-19-39-45(5)23-22-40(44(3,4)38(45)21-24-47(39,46)7)56-42(54)33-52(14,15)31-29-50(10)11;;/h36-40,43H,1,16-34H2,2-15H3;2*1H/q+2;;/p-2/t36-,37?,38?,39?,40-,43?,45-,46+,47+,48+;;/m0../s1. The number of carbonyl (C=O) groups excluding carboxylic acids is 2. The summed E-state index contributed by atoms with van der Waals surface area (Å²) < 4.78 is 14.2. The van der Waals surface area contributed by atoms with Crippen LogP contribution in [-0.2, 0) is 19.1 Å². The van der Waals surface area contributed by atoms with Gasteiger partial charge in [-0.3, -0.25) is 0 Å². The van der Waals surface area contributed by atoms with Gasteiger partial charge in [0, 0.05) is 17.4 Å². The molecule has 0 bridgehead atoms. The van der Waals surface area contributed by atoms with Gasteiger partial charge in [0.2, 0.25) is 0 Å². The third-order valence-electron chi connectivity index (χ3n) is 17.9. The Morgan fingerprint density at radius 2 is 1.31 bits per heavy atom. The molecule has 10 heteroatoms. The molecule has 0 heterocycles. The van der Waals surface area contributed by atoms with Crippen molar-refractivity contribution in [2.24, 2.45) is 56.7 Å². The summed E-state index contributed by atoms with van der Waals surface area (Å²) in [7, 11) is 17.1. The lowest BCUT2D eigenvalue weighted by Crippen LogP contribution is -3.00. The summed E-state index contributed by atoms with van der Waals surface area (Å²) in [6, 6.07) is 0. The average molecular weight is 856 g/mol. The predicted molar refractivity (Wildman–Crippen MR) is 230 cm³/mol. The van der Waals surface area contributed by atoms with Crippen LogP contribution in [-0.4, -0.2) is 139 Å². The third kappa shape index (κ3) is 10.1. The van der Waals surface area contributed by atoms with E-state index in [-0.39, 0.29) is 69.9 Å². The Balaban J connectivity index is 0.00000450. The van der Waals surface area contributed by atoms with Crippen LogP contribution in [0.5, 0.6) is 0 Å². The summed E-state index contributed by atoms with van der Waals surface area (Å²) in [6.45, 7) is 25.2. The molecule has 8 nitrogen and oxygen atoms in total. The summed E-state index contributed by atoms with van der Waals surface area (Å²) in [5.41, 5.74) is 2.02. The van der Waals surface area contributed by atoms with Crippen LogP contribution >= 0.6 is 0 Å². The fourth-order valence-electron chi connectivity index (χ4n) is 14.5. The lowest BCUT2D eigenvalue weighted by Gasteiger charge is -2.73. The first-order chi connectivity index (χ1) is 25.8. The molecule has 0 N–H and O–H groups in total. The number of esters is 2. The lowest BCUT2D eigenvalue weighted by molar-refractivity contribution is -0.883. The minimum atomic E-state index is -0.0654. The lowest BCUT2D eigenvalue weighted by atomic mass is 9.32. The van der Waals surface area contributed by atoms with Gasteiger partial charge in [-0.25, -0.2) is 9.59 Å². The van der Waals surface area contributed by atoms with Gasteiger partial charge in [-0.05, 0) is 165 Å². The smallest absolute Gasteiger partial charge is 0.362 e. The van der Waals surface area contributed by atoms with Crippen LogP contribution < -0.4 is 24.8 Å². The summed E-state index contributed by atoms with van der Waals surface area (Å²) in [6.07, 6.45) is 14.0. The van der Waals surface area contributed by atoms with E-state index < -0.39 is 0 Å². The predicted octanol–water partition coefficient (Wildman–Crippen LogP) is 2.16. The number of halogens is 2. The van der Waals surface area contributed by atoms with E-state index in [2.05, 4.69) is 114 Å². The number of nitrogens with zero attached hydrogens (tertiary/aromatic N) is 4. The fraction of sp³-hybridized carbons (Fsp3) is 0.917. The van der Waals surface area contributed by atoms with Gasteiger partial charge in [0.15, 0.2) is 13.1 Å². The van der Waals surface area contributed by atoms with Crippen LogP contribution in [0.2, 0.25) is 0 Å². The van der Waals surface area contributed by atoms with E-state index in [1.165, 1.54) is 44.1 Å². The van der Waals surface area contributed by atoms with Crippen LogP contribution in [0.1, 0.15) is 119 Å². The molecule has 5 fully saturated rings. The van der Waals surface area contributed by atoms with E-state index in [0.29, 0.717) is 58.3 Å². The molecule has 5 aliphatic rings. The number of quaternary nitrogens is 2. The van der Waals surface area contributed by atoms with Crippen LogP contribution in [0.15, 0.2) is 12.2 Å². The number of likely N-dealkylation sites (N-methyl/N-ethyl adjacent to an activating group) is 3. The van der Waals surface area contributed by atoms with Crippen molar-refractivity contribution >= 4 is 11.9 Å². The summed E-state index contributed by atoms with van der Waals surface area (Å²) >= 11 is 0. The molecule has 0 aliphatic heterocycles. The molecule has 0 saturated heterocycles. The molecule has 4 unspecified atom stereocenters. The van der Waals surface area contributed by atoms with E-state index in [0.717, 1.165) is 64.7 Å². The average Bonchev–Trinajstić information content (AvgIpc) is 3.46. The number of allylic oxidation sites excluding steroid dienone is 1. The van der Waals surface area contributed by atoms with Gasteiger partial charge in [-0.15, -0.1) is 0 Å². The molecule has 5 aliphatic carbocycles. The zero-order valence-corrected chi connectivity index (χ0v) is 41.3. The van der Waals surface area contributed by atoms with Crippen LogP contribution in [0.3, 0.4) is 0 Å². The van der Waals surface area contributed by atoms with E-state index in [9.17, 15) is 9.59 Å². The second kappa shape index (κ2) is 18.8. The van der Waals surface area contributed by atoms with Gasteiger partial charge in [0.1, 0.15) is 6.10 Å². The number of hydrogen-bond acceptors (Lipinski definition) is 6. The fourth-order valence-corrected chi connectivity index (χ4v) is 14.5. The molecule has 0 amide bonds. The van der Waals surface area contributed by atoms with Crippen molar-refractivity contribution in [3.8, 4) is 0 Å². The number of fused-ring (bicyclic) bond motifs is 7. The van der Waals surface area contributed by atoms with Gasteiger partial charge in [-0.1, -0.05) is 46.8 Å². The molecule has 0 aromatic heterocycles. The van der Waals surface area contributed by atoms with Gasteiger partial charge in [-0.2, -0.15) is 0 Å². The molecule has 0 aromatic rings. The highest BCUT2D eigenvalue weighted by Crippen LogP contribution is 2.77. The maximum absolute atomic E-state index is 13.5. The van der Waals surface area contributed by atoms with Crippen LogP contribution in [0.25, 0.3) is 0 Å². The highest BCUT2D eigenvalue weighted by Gasteiger charge is 2.71. The van der Waals surface area contributed by atoms with E-state index in [4.69, 9.17) is 9.47 Å². The normalized spacial score (nSPS) is 36.7. The zero-order valence-electron chi connectivity index (χ0n) is 39.8. The SMILES string of the molecule is C=C(C)[C@@H]1CC[C@]2(COC(=O)C[N+](C)(C)CCCCN(C)C)CC[C@]3(C)C(CCC4[C@@]5(C)CC[C@H](OC(=O)C[N+](C)(C)CCN(C)C)C(C)(C)C5CC[C@]43C)C12.[Cl-].[Cl-]. The Hall–Kier alpha value is -0.900. The van der Waals surface area contributed by atoms with Crippen molar-refractivity contribution in [1.82, 2.24) is 9.80 Å². The summed E-state index contributed by atoms with van der Waals surface area (Å²) in [5.74, 6) is 2.76. The highest BCUT2D eigenvalue weighted by atomic mass is 35.5. The van der Waals surface area contributed by atoms with Crippen LogP contribution in [0.4, 0.5) is 0 Å². The second-order valence-corrected chi connectivity index (χ2v) is 23.5. The zero-order chi connectivity index (χ0) is 41.7. The van der Waals surface area contributed by atoms with Gasteiger partial charge < -0.3 is 53.1 Å². The first-order valence-electron chi connectivity index (χ1n) is 22.8. The van der Waals surface area contributed by atoms with Crippen molar-refractivity contribution in [3.63, 3.8) is 0 Å². The number of rotatable bonds is 16. The molecule has 58 heavy (non-hydrogen) atoms. The Kier molecular flexibility index (Phi) is 16.7. The molecular formula is C48H88Cl2N4O4. The largest absolute Gasteiger partial charge is 1.00 e. The van der Waals surface area contributed by atoms with Crippen molar-refractivity contribution in [1.29, 1.82) is 0 Å². The molecular weight excluding hydrogens is 767 g/mol. The monoisotopic (exact) mass is 855 g/mol. The van der Waals surface area contributed by atoms with E-state index in [1.807, 2.05) is 0 Å². The molecule has 0 radical (unpaired) electrons. The number of carbonyl (C=O) groups is 2. The maximum atomic E-state index is 13.5. The van der Waals surface area contributed by atoms with Gasteiger partial charge >= 0.3 is 11.9 Å². The molecule has 5 saturated carbocycles. The number of ether oxygens (including phenoxy) is 2. The molecule has 0 aromatic carbocycles. The number of unbranched alkanes of at least 4 members (excludes halogenated alkanes) is 1. The number of hydrogen-bond donors (Lipinski definition) is 0. The van der Waals surface area contributed by atoms with E-state index in [1.54, 1.807) is 0 Å². The Morgan fingerprint density at radius 1 is 0.690 bits per heavy atom. The topological polar surface area (TPSA) is 59.1 Å². The molecule has 10 atom stereocenters. The Morgan fingerprint density at radius 3 is 1.93 bits per heavy atom. The molecule has 338 valence electrons. The van der Waals surface area contributed by atoms with E-state index >= 15 is 0 Å². The van der Waals surface area contributed by atoms with Crippen molar-refractivity contribution in [3.05, 3.63) is 12.2 Å². The van der Waals surface area contributed by atoms with Crippen molar-refractivity contribution in [2.45, 2.75) is 125 Å². The Bertz CT molecular complexity index is 1440.